The first kappa shape index (κ1) is 11.7. The van der Waals surface area contributed by atoms with E-state index in [2.05, 4.69) is 22.1 Å². The summed E-state index contributed by atoms with van der Waals surface area (Å²) < 4.78 is 10.1. The van der Waals surface area contributed by atoms with E-state index in [9.17, 15) is 0 Å². The largest absolute Gasteiger partial charge is 0.355 e. The third-order valence-electron chi connectivity index (χ3n) is 2.01. The van der Waals surface area contributed by atoms with E-state index >= 15 is 0 Å². The van der Waals surface area contributed by atoms with Gasteiger partial charge in [-0.15, -0.1) is 0 Å². The number of ether oxygens (including phenoxy) is 2. The second-order valence-electron chi connectivity index (χ2n) is 2.99. The Kier molecular flexibility index (Phi) is 5.78. The smallest absolute Gasteiger partial charge is 0.169 e. The summed E-state index contributed by atoms with van der Waals surface area (Å²) in [6.45, 7) is 1.69. The summed E-state index contributed by atoms with van der Waals surface area (Å²) in [5.74, 6) is 0. The topological polar surface area (TPSA) is 30.5 Å². The number of thiophene rings is 1. The van der Waals surface area contributed by atoms with Crippen molar-refractivity contribution in [1.29, 1.82) is 0 Å². The lowest BCUT2D eigenvalue weighted by molar-refractivity contribution is -0.0986. The van der Waals surface area contributed by atoms with E-state index in [0.717, 1.165) is 19.5 Å². The highest BCUT2D eigenvalue weighted by atomic mass is 32.1. The van der Waals surface area contributed by atoms with Crippen LogP contribution in [0.5, 0.6) is 0 Å². The molecule has 1 aromatic heterocycles. The number of rotatable bonds is 7. The Labute approximate surface area is 89.0 Å². The average molecular weight is 215 g/mol. The van der Waals surface area contributed by atoms with E-state index in [-0.39, 0.29) is 6.29 Å². The molecule has 1 rings (SSSR count). The lowest BCUT2D eigenvalue weighted by Crippen LogP contribution is -2.30. The molecule has 14 heavy (non-hydrogen) atoms. The van der Waals surface area contributed by atoms with Gasteiger partial charge >= 0.3 is 0 Å². The second-order valence-corrected chi connectivity index (χ2v) is 3.77. The van der Waals surface area contributed by atoms with Crippen LogP contribution < -0.4 is 5.32 Å². The summed E-state index contributed by atoms with van der Waals surface area (Å²) in [5, 5.41) is 7.55. The van der Waals surface area contributed by atoms with Crippen molar-refractivity contribution in [3.05, 3.63) is 22.4 Å². The molecule has 0 spiro atoms. The third kappa shape index (κ3) is 4.19. The Balaban J connectivity index is 2.04. The predicted molar refractivity (Wildman–Crippen MR) is 58.7 cm³/mol. The SMILES string of the molecule is COC(CNCCc1ccsc1)OC. The molecule has 1 N–H and O–H groups in total. The standard InChI is InChI=1S/C10H17NO2S/c1-12-10(13-2)7-11-5-3-9-4-6-14-8-9/h4,6,8,10-11H,3,5,7H2,1-2H3. The Morgan fingerprint density at radius 2 is 2.21 bits per heavy atom. The zero-order valence-corrected chi connectivity index (χ0v) is 9.47. The van der Waals surface area contributed by atoms with Gasteiger partial charge in [0, 0.05) is 20.8 Å². The highest BCUT2D eigenvalue weighted by Crippen LogP contribution is 2.05. The van der Waals surface area contributed by atoms with Gasteiger partial charge in [-0.25, -0.2) is 0 Å². The van der Waals surface area contributed by atoms with Crippen LogP contribution in [0.3, 0.4) is 0 Å². The Bertz CT molecular complexity index is 222. The number of hydrogen-bond donors (Lipinski definition) is 1. The lowest BCUT2D eigenvalue weighted by atomic mass is 10.2. The molecule has 0 aliphatic carbocycles. The van der Waals surface area contributed by atoms with Crippen LogP contribution >= 0.6 is 11.3 Å². The quantitative estimate of drug-likeness (QED) is 0.552. The molecule has 3 nitrogen and oxygen atoms in total. The monoisotopic (exact) mass is 215 g/mol. The van der Waals surface area contributed by atoms with E-state index in [1.54, 1.807) is 25.6 Å². The van der Waals surface area contributed by atoms with Gasteiger partial charge in [0.1, 0.15) is 0 Å². The number of methoxy groups -OCH3 is 2. The van der Waals surface area contributed by atoms with Crippen molar-refractivity contribution in [1.82, 2.24) is 5.32 Å². The lowest BCUT2D eigenvalue weighted by Gasteiger charge is -2.13. The van der Waals surface area contributed by atoms with Crippen LogP contribution in [0.4, 0.5) is 0 Å². The maximum Gasteiger partial charge on any atom is 0.169 e. The molecule has 1 aromatic rings. The third-order valence-corrected chi connectivity index (χ3v) is 2.74. The minimum Gasteiger partial charge on any atom is -0.355 e. The average Bonchev–Trinajstić information content (AvgIpc) is 2.71. The van der Waals surface area contributed by atoms with E-state index in [1.165, 1.54) is 5.56 Å². The summed E-state index contributed by atoms with van der Waals surface area (Å²) in [4.78, 5) is 0. The van der Waals surface area contributed by atoms with Crippen LogP contribution in [0.25, 0.3) is 0 Å². The summed E-state index contributed by atoms with van der Waals surface area (Å²) in [6.07, 6.45) is 0.918. The van der Waals surface area contributed by atoms with Crippen molar-refractivity contribution in [2.75, 3.05) is 27.3 Å². The molecule has 0 saturated carbocycles. The van der Waals surface area contributed by atoms with Crippen molar-refractivity contribution in [3.63, 3.8) is 0 Å². The zero-order valence-electron chi connectivity index (χ0n) is 8.66. The van der Waals surface area contributed by atoms with Crippen LogP contribution in [0.15, 0.2) is 16.8 Å². The van der Waals surface area contributed by atoms with Gasteiger partial charge in [0.15, 0.2) is 6.29 Å². The van der Waals surface area contributed by atoms with Crippen LogP contribution in [0, 0.1) is 0 Å². The number of hydrogen-bond acceptors (Lipinski definition) is 4. The van der Waals surface area contributed by atoms with Crippen LogP contribution in [0.2, 0.25) is 0 Å². The van der Waals surface area contributed by atoms with Gasteiger partial charge in [-0.05, 0) is 35.4 Å². The van der Waals surface area contributed by atoms with Crippen molar-refractivity contribution >= 4 is 11.3 Å². The Morgan fingerprint density at radius 3 is 2.79 bits per heavy atom. The van der Waals surface area contributed by atoms with E-state index in [4.69, 9.17) is 9.47 Å². The molecule has 80 valence electrons. The van der Waals surface area contributed by atoms with Gasteiger partial charge in [0.2, 0.25) is 0 Å². The number of nitrogens with one attached hydrogen (secondary N) is 1. The van der Waals surface area contributed by atoms with Gasteiger partial charge in [-0.2, -0.15) is 11.3 Å². The fraction of sp³-hybridized carbons (Fsp3) is 0.600. The van der Waals surface area contributed by atoms with Gasteiger partial charge in [-0.3, -0.25) is 0 Å². The molecule has 0 unspecified atom stereocenters. The molecule has 1 heterocycles. The summed E-state index contributed by atoms with van der Waals surface area (Å²) in [7, 11) is 3.30. The molecule has 0 aromatic carbocycles. The normalized spacial score (nSPS) is 11.1. The minimum absolute atomic E-state index is 0.141. The van der Waals surface area contributed by atoms with Crippen LogP contribution in [-0.4, -0.2) is 33.6 Å². The van der Waals surface area contributed by atoms with Gasteiger partial charge in [-0.1, -0.05) is 0 Å². The summed E-state index contributed by atoms with van der Waals surface area (Å²) in [6, 6.07) is 2.15. The minimum atomic E-state index is -0.141. The van der Waals surface area contributed by atoms with Gasteiger partial charge in [0.05, 0.1) is 0 Å². The van der Waals surface area contributed by atoms with E-state index < -0.39 is 0 Å². The molecule has 0 radical (unpaired) electrons. The molecule has 0 atom stereocenters. The summed E-state index contributed by atoms with van der Waals surface area (Å²) >= 11 is 1.74. The first-order chi connectivity index (χ1) is 6.86. The molecular formula is C10H17NO2S. The maximum absolute atomic E-state index is 5.05. The van der Waals surface area contributed by atoms with Crippen molar-refractivity contribution < 1.29 is 9.47 Å². The van der Waals surface area contributed by atoms with E-state index in [1.807, 2.05) is 0 Å². The molecule has 4 heteroatoms. The van der Waals surface area contributed by atoms with Gasteiger partial charge in [0.25, 0.3) is 0 Å². The molecule has 0 saturated heterocycles. The fourth-order valence-electron chi connectivity index (χ4n) is 1.15. The fourth-order valence-corrected chi connectivity index (χ4v) is 1.85. The first-order valence-corrected chi connectivity index (χ1v) is 5.58. The molecule has 0 fully saturated rings. The zero-order chi connectivity index (χ0) is 10.2. The van der Waals surface area contributed by atoms with Gasteiger partial charge < -0.3 is 14.8 Å². The Hall–Kier alpha value is -0.420. The summed E-state index contributed by atoms with van der Waals surface area (Å²) in [5.41, 5.74) is 1.38. The van der Waals surface area contributed by atoms with Crippen molar-refractivity contribution in [2.24, 2.45) is 0 Å². The van der Waals surface area contributed by atoms with Crippen molar-refractivity contribution in [2.45, 2.75) is 12.7 Å². The molecule has 0 aliphatic rings. The highest BCUT2D eigenvalue weighted by Gasteiger charge is 2.02. The highest BCUT2D eigenvalue weighted by molar-refractivity contribution is 7.07. The Morgan fingerprint density at radius 1 is 1.43 bits per heavy atom. The van der Waals surface area contributed by atoms with E-state index in [0.29, 0.717) is 0 Å². The molecule has 0 bridgehead atoms. The molecule has 0 amide bonds. The second kappa shape index (κ2) is 6.95. The van der Waals surface area contributed by atoms with Crippen LogP contribution in [-0.2, 0) is 15.9 Å². The first-order valence-electron chi connectivity index (χ1n) is 4.64. The molecular weight excluding hydrogens is 198 g/mol. The maximum atomic E-state index is 5.05. The molecule has 0 aliphatic heterocycles. The predicted octanol–water partition coefficient (Wildman–Crippen LogP) is 1.50. The van der Waals surface area contributed by atoms with Crippen molar-refractivity contribution in [3.8, 4) is 0 Å². The van der Waals surface area contributed by atoms with Crippen LogP contribution in [0.1, 0.15) is 5.56 Å².